The van der Waals surface area contributed by atoms with Crippen molar-refractivity contribution < 1.29 is 9.47 Å². The van der Waals surface area contributed by atoms with E-state index in [-0.39, 0.29) is 0 Å². The molecule has 0 spiro atoms. The van der Waals surface area contributed by atoms with Crippen molar-refractivity contribution in [3.63, 3.8) is 0 Å². The van der Waals surface area contributed by atoms with E-state index in [1.165, 1.54) is 18.4 Å². The van der Waals surface area contributed by atoms with Gasteiger partial charge in [-0.1, -0.05) is 6.07 Å². The van der Waals surface area contributed by atoms with Crippen molar-refractivity contribution in [2.75, 3.05) is 27.8 Å². The number of methoxy groups -OCH3 is 2. The maximum Gasteiger partial charge on any atom is 0.140 e. The van der Waals surface area contributed by atoms with Gasteiger partial charge in [0.1, 0.15) is 16.0 Å². The van der Waals surface area contributed by atoms with Gasteiger partial charge in [-0.25, -0.2) is 0 Å². The Morgan fingerprint density at radius 2 is 2.06 bits per heavy atom. The SMILES string of the molecule is CNCC1CCC1c1ccc(OC)c(Br)c1OC. The van der Waals surface area contributed by atoms with Crippen LogP contribution in [0.1, 0.15) is 24.3 Å². The average molecular weight is 314 g/mol. The number of nitrogens with one attached hydrogen (secondary N) is 1. The van der Waals surface area contributed by atoms with Crippen LogP contribution in [-0.4, -0.2) is 27.8 Å². The smallest absolute Gasteiger partial charge is 0.140 e. The van der Waals surface area contributed by atoms with Crippen LogP contribution >= 0.6 is 15.9 Å². The van der Waals surface area contributed by atoms with E-state index >= 15 is 0 Å². The average Bonchev–Trinajstić information content (AvgIpc) is 2.35. The minimum absolute atomic E-state index is 0.592. The fourth-order valence-corrected chi connectivity index (χ4v) is 3.38. The fraction of sp³-hybridized carbons (Fsp3) is 0.571. The topological polar surface area (TPSA) is 30.5 Å². The second-order valence-corrected chi connectivity index (χ2v) is 5.50. The van der Waals surface area contributed by atoms with E-state index in [9.17, 15) is 0 Å². The summed E-state index contributed by atoms with van der Waals surface area (Å²) in [4.78, 5) is 0. The van der Waals surface area contributed by atoms with E-state index in [2.05, 4.69) is 27.3 Å². The monoisotopic (exact) mass is 313 g/mol. The molecule has 1 aromatic rings. The Hall–Kier alpha value is -0.740. The molecule has 2 unspecified atom stereocenters. The van der Waals surface area contributed by atoms with Crippen molar-refractivity contribution in [2.45, 2.75) is 18.8 Å². The molecule has 1 aromatic carbocycles. The Bertz CT molecular complexity index is 423. The molecular formula is C14H20BrNO2. The van der Waals surface area contributed by atoms with Crippen molar-refractivity contribution in [3.05, 3.63) is 22.2 Å². The summed E-state index contributed by atoms with van der Waals surface area (Å²) in [6.07, 6.45) is 2.53. The summed E-state index contributed by atoms with van der Waals surface area (Å²) in [7, 11) is 5.40. The summed E-state index contributed by atoms with van der Waals surface area (Å²) >= 11 is 3.57. The van der Waals surface area contributed by atoms with Crippen LogP contribution in [-0.2, 0) is 0 Å². The number of rotatable bonds is 5. The van der Waals surface area contributed by atoms with E-state index in [1.807, 2.05) is 13.1 Å². The molecule has 4 heteroatoms. The molecule has 0 aliphatic heterocycles. The molecule has 0 amide bonds. The molecule has 1 N–H and O–H groups in total. The lowest BCUT2D eigenvalue weighted by Gasteiger charge is -2.38. The first-order chi connectivity index (χ1) is 8.72. The molecule has 1 aliphatic rings. The van der Waals surface area contributed by atoms with Crippen LogP contribution in [0, 0.1) is 5.92 Å². The van der Waals surface area contributed by atoms with Gasteiger partial charge in [-0.15, -0.1) is 0 Å². The van der Waals surface area contributed by atoms with Gasteiger partial charge >= 0.3 is 0 Å². The predicted molar refractivity (Wildman–Crippen MR) is 76.6 cm³/mol. The second kappa shape index (κ2) is 5.93. The van der Waals surface area contributed by atoms with Crippen LogP contribution < -0.4 is 14.8 Å². The zero-order chi connectivity index (χ0) is 13.1. The maximum absolute atomic E-state index is 5.55. The number of hydrogen-bond acceptors (Lipinski definition) is 3. The lowest BCUT2D eigenvalue weighted by molar-refractivity contribution is 0.243. The molecule has 0 saturated heterocycles. The van der Waals surface area contributed by atoms with E-state index in [1.54, 1.807) is 14.2 Å². The Morgan fingerprint density at radius 1 is 1.28 bits per heavy atom. The van der Waals surface area contributed by atoms with E-state index in [4.69, 9.17) is 9.47 Å². The van der Waals surface area contributed by atoms with Crippen LogP contribution in [0.2, 0.25) is 0 Å². The van der Waals surface area contributed by atoms with E-state index in [0.29, 0.717) is 11.8 Å². The third-order valence-corrected chi connectivity index (χ3v) is 4.55. The van der Waals surface area contributed by atoms with Crippen molar-refractivity contribution in [1.29, 1.82) is 0 Å². The molecule has 2 rings (SSSR count). The summed E-state index contributed by atoms with van der Waals surface area (Å²) in [5, 5.41) is 3.27. The minimum Gasteiger partial charge on any atom is -0.495 e. The van der Waals surface area contributed by atoms with Crippen LogP contribution in [0.25, 0.3) is 0 Å². The first kappa shape index (κ1) is 13.7. The molecule has 100 valence electrons. The van der Waals surface area contributed by atoms with Crippen molar-refractivity contribution in [1.82, 2.24) is 5.32 Å². The standard InChI is InChI=1S/C14H20BrNO2/c1-16-8-9-4-5-10(9)11-6-7-12(17-2)13(15)14(11)18-3/h6-7,9-10,16H,4-5,8H2,1-3H3. The van der Waals surface area contributed by atoms with Crippen molar-refractivity contribution >= 4 is 15.9 Å². The Balaban J connectivity index is 2.30. The largest absolute Gasteiger partial charge is 0.495 e. The van der Waals surface area contributed by atoms with Crippen LogP contribution in [0.15, 0.2) is 16.6 Å². The Labute approximate surface area is 117 Å². The predicted octanol–water partition coefficient (Wildman–Crippen LogP) is 3.18. The van der Waals surface area contributed by atoms with Gasteiger partial charge in [-0.2, -0.15) is 0 Å². The van der Waals surface area contributed by atoms with Crippen LogP contribution in [0.5, 0.6) is 11.5 Å². The minimum atomic E-state index is 0.592. The van der Waals surface area contributed by atoms with Gasteiger partial charge in [0, 0.05) is 0 Å². The Kier molecular flexibility index (Phi) is 4.51. The summed E-state index contributed by atoms with van der Waals surface area (Å²) in [5.74, 6) is 3.04. The summed E-state index contributed by atoms with van der Waals surface area (Å²) in [5.41, 5.74) is 1.29. The summed E-state index contributed by atoms with van der Waals surface area (Å²) in [6.45, 7) is 1.07. The second-order valence-electron chi connectivity index (χ2n) is 4.71. The van der Waals surface area contributed by atoms with Crippen molar-refractivity contribution in [3.8, 4) is 11.5 Å². The summed E-state index contributed by atoms with van der Waals surface area (Å²) < 4.78 is 11.8. The van der Waals surface area contributed by atoms with Gasteiger partial charge in [0.25, 0.3) is 0 Å². The molecule has 3 nitrogen and oxygen atoms in total. The Morgan fingerprint density at radius 3 is 2.56 bits per heavy atom. The number of ether oxygens (including phenoxy) is 2. The molecule has 0 bridgehead atoms. The van der Waals surface area contributed by atoms with Gasteiger partial charge in [0.05, 0.1) is 14.2 Å². The zero-order valence-electron chi connectivity index (χ0n) is 11.1. The van der Waals surface area contributed by atoms with Gasteiger partial charge in [-0.05, 0) is 65.8 Å². The molecular weight excluding hydrogens is 294 g/mol. The van der Waals surface area contributed by atoms with Gasteiger partial charge < -0.3 is 14.8 Å². The molecule has 0 radical (unpaired) electrons. The molecule has 1 saturated carbocycles. The highest BCUT2D eigenvalue weighted by Gasteiger charge is 2.34. The first-order valence-electron chi connectivity index (χ1n) is 6.27. The summed E-state index contributed by atoms with van der Waals surface area (Å²) in [6, 6.07) is 4.14. The number of hydrogen-bond donors (Lipinski definition) is 1. The molecule has 1 fully saturated rings. The molecule has 18 heavy (non-hydrogen) atoms. The fourth-order valence-electron chi connectivity index (χ4n) is 2.70. The lowest BCUT2D eigenvalue weighted by Crippen LogP contribution is -2.32. The highest BCUT2D eigenvalue weighted by molar-refractivity contribution is 9.10. The van der Waals surface area contributed by atoms with Gasteiger partial charge in [0.2, 0.25) is 0 Å². The number of halogens is 1. The molecule has 2 atom stereocenters. The normalized spacial score (nSPS) is 22.4. The van der Waals surface area contributed by atoms with Gasteiger partial charge in [0.15, 0.2) is 0 Å². The van der Waals surface area contributed by atoms with Crippen LogP contribution in [0.4, 0.5) is 0 Å². The van der Waals surface area contributed by atoms with E-state index in [0.717, 1.165) is 22.5 Å². The molecule has 0 heterocycles. The highest BCUT2D eigenvalue weighted by atomic mass is 79.9. The zero-order valence-corrected chi connectivity index (χ0v) is 12.7. The lowest BCUT2D eigenvalue weighted by atomic mass is 9.69. The van der Waals surface area contributed by atoms with Crippen LogP contribution in [0.3, 0.4) is 0 Å². The number of benzene rings is 1. The van der Waals surface area contributed by atoms with E-state index < -0.39 is 0 Å². The quantitative estimate of drug-likeness (QED) is 0.905. The third-order valence-electron chi connectivity index (χ3n) is 3.80. The highest BCUT2D eigenvalue weighted by Crippen LogP contribution is 2.49. The van der Waals surface area contributed by atoms with Crippen molar-refractivity contribution in [2.24, 2.45) is 5.92 Å². The maximum atomic E-state index is 5.55. The third kappa shape index (κ3) is 2.36. The first-order valence-corrected chi connectivity index (χ1v) is 7.07. The molecule has 1 aliphatic carbocycles. The molecule has 0 aromatic heterocycles. The van der Waals surface area contributed by atoms with Gasteiger partial charge in [-0.3, -0.25) is 0 Å².